The third kappa shape index (κ3) is 3.71. The fourth-order valence-electron chi connectivity index (χ4n) is 3.12. The first-order valence-corrected chi connectivity index (χ1v) is 9.92. The predicted octanol–water partition coefficient (Wildman–Crippen LogP) is 4.74. The molecule has 0 radical (unpaired) electrons. The Hall–Kier alpha value is -2.73. The van der Waals surface area contributed by atoms with Crippen LogP contribution in [0.25, 0.3) is 11.3 Å². The molecule has 0 N–H and O–H groups in total. The molecule has 4 rings (SSSR count). The highest BCUT2D eigenvalue weighted by Crippen LogP contribution is 2.33. The third-order valence-corrected chi connectivity index (χ3v) is 5.21. The molecule has 0 saturated heterocycles. The van der Waals surface area contributed by atoms with Crippen molar-refractivity contribution in [3.05, 3.63) is 65.4 Å². The van der Waals surface area contributed by atoms with Crippen LogP contribution in [0.3, 0.4) is 0 Å². The lowest BCUT2D eigenvalue weighted by molar-refractivity contribution is 0.0460. The van der Waals surface area contributed by atoms with E-state index in [0.717, 1.165) is 28.2 Å². The van der Waals surface area contributed by atoms with Crippen LogP contribution in [-0.4, -0.2) is 23.5 Å². The van der Waals surface area contributed by atoms with Crippen molar-refractivity contribution in [2.24, 2.45) is 0 Å². The van der Waals surface area contributed by atoms with Crippen LogP contribution in [0.5, 0.6) is 5.75 Å². The Kier molecular flexibility index (Phi) is 4.90. The van der Waals surface area contributed by atoms with E-state index >= 15 is 0 Å². The Morgan fingerprint density at radius 3 is 2.96 bits per heavy atom. The molecule has 3 aromatic rings. The molecule has 0 fully saturated rings. The lowest BCUT2D eigenvalue weighted by Gasteiger charge is -2.06. The molecular weight excluding hydrogens is 362 g/mol. The minimum Gasteiger partial charge on any atom is -0.490 e. The van der Waals surface area contributed by atoms with Crippen LogP contribution in [0.1, 0.15) is 28.5 Å². The summed E-state index contributed by atoms with van der Waals surface area (Å²) in [5.74, 6) is 1.20. The fourth-order valence-corrected chi connectivity index (χ4v) is 3.71. The number of benzene rings is 2. The van der Waals surface area contributed by atoms with Crippen molar-refractivity contribution in [2.75, 3.05) is 6.26 Å². The van der Waals surface area contributed by atoms with Crippen LogP contribution in [0.4, 0.5) is 0 Å². The van der Waals surface area contributed by atoms with Gasteiger partial charge in [-0.25, -0.2) is 4.79 Å². The van der Waals surface area contributed by atoms with E-state index in [9.17, 15) is 4.79 Å². The minimum absolute atomic E-state index is 0.0656. The van der Waals surface area contributed by atoms with Crippen LogP contribution < -0.4 is 4.74 Å². The van der Waals surface area contributed by atoms with Crippen molar-refractivity contribution in [2.45, 2.75) is 31.0 Å². The summed E-state index contributed by atoms with van der Waals surface area (Å²) in [5.41, 5.74) is 3.23. The van der Waals surface area contributed by atoms with Gasteiger partial charge >= 0.3 is 5.97 Å². The van der Waals surface area contributed by atoms with Gasteiger partial charge in [-0.1, -0.05) is 17.3 Å². The number of esters is 1. The van der Waals surface area contributed by atoms with Gasteiger partial charge < -0.3 is 14.0 Å². The molecule has 1 aliphatic heterocycles. The number of nitrogens with zero attached hydrogens (tertiary/aromatic N) is 1. The first kappa shape index (κ1) is 17.7. The number of hydrogen-bond donors (Lipinski definition) is 0. The summed E-state index contributed by atoms with van der Waals surface area (Å²) in [5, 5.41) is 4.02. The summed E-state index contributed by atoms with van der Waals surface area (Å²) >= 11 is 1.51. The zero-order valence-electron chi connectivity index (χ0n) is 15.1. The monoisotopic (exact) mass is 381 g/mol. The van der Waals surface area contributed by atoms with E-state index in [1.54, 1.807) is 12.1 Å². The van der Waals surface area contributed by atoms with E-state index in [4.69, 9.17) is 14.0 Å². The average molecular weight is 381 g/mol. The van der Waals surface area contributed by atoms with Crippen molar-refractivity contribution in [1.29, 1.82) is 0 Å². The van der Waals surface area contributed by atoms with Crippen molar-refractivity contribution in [1.82, 2.24) is 5.16 Å². The van der Waals surface area contributed by atoms with Crippen LogP contribution >= 0.6 is 11.8 Å². The van der Waals surface area contributed by atoms with Gasteiger partial charge in [0.25, 0.3) is 0 Å². The Morgan fingerprint density at radius 2 is 2.11 bits per heavy atom. The van der Waals surface area contributed by atoms with Gasteiger partial charge in [-0.2, -0.15) is 0 Å². The van der Waals surface area contributed by atoms with E-state index in [2.05, 4.69) is 18.1 Å². The lowest BCUT2D eigenvalue weighted by Crippen LogP contribution is -2.06. The highest BCUT2D eigenvalue weighted by Gasteiger charge is 2.20. The van der Waals surface area contributed by atoms with Crippen LogP contribution in [-0.2, 0) is 17.8 Å². The quantitative estimate of drug-likeness (QED) is 0.470. The molecule has 5 nitrogen and oxygen atoms in total. The minimum atomic E-state index is -0.367. The van der Waals surface area contributed by atoms with E-state index in [1.807, 2.05) is 36.6 Å². The standard InChI is InChI=1S/C21H19NO4S/c1-13-9-15-10-14(7-8-18(15)25-13)19-11-16(22-26-19)12-24-21(23)17-5-3-4-6-20(17)27-2/h3-8,10-11,13H,9,12H2,1-2H3. The molecule has 0 bridgehead atoms. The molecule has 1 aliphatic rings. The second-order valence-electron chi connectivity index (χ2n) is 6.41. The normalized spacial score (nSPS) is 15.3. The highest BCUT2D eigenvalue weighted by molar-refractivity contribution is 7.98. The van der Waals surface area contributed by atoms with E-state index in [0.29, 0.717) is 17.0 Å². The number of carbonyl (C=O) groups excluding carboxylic acids is 1. The SMILES string of the molecule is CSc1ccccc1C(=O)OCc1cc(-c2ccc3c(c2)CC(C)O3)on1. The van der Waals surface area contributed by atoms with Gasteiger partial charge in [-0.05, 0) is 49.1 Å². The molecule has 138 valence electrons. The molecule has 0 aliphatic carbocycles. The summed E-state index contributed by atoms with van der Waals surface area (Å²) in [6.07, 6.45) is 3.01. The average Bonchev–Trinajstić information content (AvgIpc) is 3.30. The molecule has 2 heterocycles. The van der Waals surface area contributed by atoms with Crippen molar-refractivity contribution >= 4 is 17.7 Å². The second kappa shape index (κ2) is 7.48. The molecule has 0 spiro atoms. The predicted molar refractivity (Wildman–Crippen MR) is 103 cm³/mol. The fraction of sp³-hybridized carbons (Fsp3) is 0.238. The number of rotatable bonds is 5. The Balaban J connectivity index is 1.44. The number of fused-ring (bicyclic) bond motifs is 1. The number of ether oxygens (including phenoxy) is 2. The summed E-state index contributed by atoms with van der Waals surface area (Å²) in [4.78, 5) is 13.2. The molecule has 0 saturated carbocycles. The van der Waals surface area contributed by atoms with Gasteiger partial charge in [0.1, 0.15) is 24.2 Å². The van der Waals surface area contributed by atoms with E-state index < -0.39 is 0 Å². The maximum atomic E-state index is 12.3. The summed E-state index contributed by atoms with van der Waals surface area (Å²) in [6, 6.07) is 15.1. The van der Waals surface area contributed by atoms with E-state index in [-0.39, 0.29) is 18.7 Å². The highest BCUT2D eigenvalue weighted by atomic mass is 32.2. The van der Waals surface area contributed by atoms with Crippen molar-refractivity contribution in [3.63, 3.8) is 0 Å². The first-order valence-electron chi connectivity index (χ1n) is 8.69. The maximum absolute atomic E-state index is 12.3. The Morgan fingerprint density at radius 1 is 1.26 bits per heavy atom. The van der Waals surface area contributed by atoms with Crippen LogP contribution in [0.15, 0.2) is 57.9 Å². The van der Waals surface area contributed by atoms with Crippen molar-refractivity contribution < 1.29 is 18.8 Å². The number of carbonyl (C=O) groups is 1. The first-order chi connectivity index (χ1) is 13.1. The molecule has 1 atom stereocenters. The molecule has 1 unspecified atom stereocenters. The van der Waals surface area contributed by atoms with Crippen LogP contribution in [0, 0.1) is 0 Å². The summed E-state index contributed by atoms with van der Waals surface area (Å²) in [6.45, 7) is 2.12. The molecule has 6 heteroatoms. The zero-order valence-corrected chi connectivity index (χ0v) is 15.9. The molecule has 0 amide bonds. The second-order valence-corrected chi connectivity index (χ2v) is 7.26. The molecule has 2 aromatic carbocycles. The van der Waals surface area contributed by atoms with Gasteiger partial charge in [0.15, 0.2) is 5.76 Å². The Bertz CT molecular complexity index is 982. The van der Waals surface area contributed by atoms with Crippen molar-refractivity contribution in [3.8, 4) is 17.1 Å². The smallest absolute Gasteiger partial charge is 0.339 e. The number of thioether (sulfide) groups is 1. The number of aromatic nitrogens is 1. The lowest BCUT2D eigenvalue weighted by atomic mass is 10.1. The topological polar surface area (TPSA) is 61.6 Å². The number of hydrogen-bond acceptors (Lipinski definition) is 6. The maximum Gasteiger partial charge on any atom is 0.339 e. The van der Waals surface area contributed by atoms with E-state index in [1.165, 1.54) is 11.8 Å². The largest absolute Gasteiger partial charge is 0.490 e. The van der Waals surface area contributed by atoms with Crippen LogP contribution in [0.2, 0.25) is 0 Å². The van der Waals surface area contributed by atoms with Gasteiger partial charge in [0.2, 0.25) is 0 Å². The molecule has 1 aromatic heterocycles. The summed E-state index contributed by atoms with van der Waals surface area (Å²) in [7, 11) is 0. The van der Waals surface area contributed by atoms with Gasteiger partial charge in [-0.3, -0.25) is 0 Å². The van der Waals surface area contributed by atoms with Gasteiger partial charge in [0.05, 0.1) is 5.56 Å². The molecule has 27 heavy (non-hydrogen) atoms. The zero-order chi connectivity index (χ0) is 18.8. The third-order valence-electron chi connectivity index (χ3n) is 4.42. The van der Waals surface area contributed by atoms with Gasteiger partial charge in [-0.15, -0.1) is 11.8 Å². The Labute approximate surface area is 161 Å². The molecular formula is C21H19NO4S. The van der Waals surface area contributed by atoms with Gasteiger partial charge in [0, 0.05) is 22.9 Å². The summed E-state index contributed by atoms with van der Waals surface area (Å²) < 4.78 is 16.6.